The van der Waals surface area contributed by atoms with Gasteiger partial charge in [0.2, 0.25) is 0 Å². The number of amides is 2. The lowest BCUT2D eigenvalue weighted by molar-refractivity contribution is 0.0652. The minimum absolute atomic E-state index is 0.132. The quantitative estimate of drug-likeness (QED) is 0.182. The van der Waals surface area contributed by atoms with Crippen molar-refractivity contribution in [1.82, 2.24) is 4.90 Å². The van der Waals surface area contributed by atoms with Crippen molar-refractivity contribution in [3.05, 3.63) is 58.3 Å². The Kier molecular flexibility index (Phi) is 8.51. The van der Waals surface area contributed by atoms with Crippen molar-refractivity contribution in [3.63, 3.8) is 0 Å². The summed E-state index contributed by atoms with van der Waals surface area (Å²) < 4.78 is 0. The monoisotopic (exact) mass is 479 g/mol. The van der Waals surface area contributed by atoms with Crippen molar-refractivity contribution in [2.75, 3.05) is 6.54 Å². The van der Waals surface area contributed by atoms with Crippen LogP contribution in [0.2, 0.25) is 0 Å². The molecule has 0 saturated carbocycles. The van der Waals surface area contributed by atoms with E-state index in [1.54, 1.807) is 22.7 Å². The molecule has 0 bridgehead atoms. The molecule has 174 valence electrons. The normalized spacial score (nSPS) is 13.2. The summed E-state index contributed by atoms with van der Waals surface area (Å²) in [5.74, 6) is -0.263. The van der Waals surface area contributed by atoms with Crippen LogP contribution in [0, 0.1) is 0 Å². The molecule has 1 aromatic carbocycles. The van der Waals surface area contributed by atoms with E-state index < -0.39 is 0 Å². The molecule has 0 radical (unpaired) electrons. The number of imide groups is 1. The molecule has 2 aromatic heterocycles. The number of hydrogen-bond acceptors (Lipinski definition) is 4. The lowest BCUT2D eigenvalue weighted by atomic mass is 9.96. The Morgan fingerprint density at radius 2 is 1.09 bits per heavy atom. The third-order valence-electron chi connectivity index (χ3n) is 6.43. The van der Waals surface area contributed by atoms with Gasteiger partial charge >= 0.3 is 0 Å². The highest BCUT2D eigenvalue weighted by molar-refractivity contribution is 7.14. The second-order valence-electron chi connectivity index (χ2n) is 8.81. The molecule has 1 aliphatic heterocycles. The summed E-state index contributed by atoms with van der Waals surface area (Å²) in [7, 11) is 0. The van der Waals surface area contributed by atoms with Crippen molar-refractivity contribution >= 4 is 34.5 Å². The topological polar surface area (TPSA) is 37.4 Å². The summed E-state index contributed by atoms with van der Waals surface area (Å²) in [5.41, 5.74) is 2.93. The molecule has 33 heavy (non-hydrogen) atoms. The summed E-state index contributed by atoms with van der Waals surface area (Å²) in [6.07, 6.45) is 12.4. The highest BCUT2D eigenvalue weighted by atomic mass is 32.1. The summed E-state index contributed by atoms with van der Waals surface area (Å²) in [6.45, 7) is 2.76. The van der Waals surface area contributed by atoms with E-state index in [0.29, 0.717) is 17.7 Å². The van der Waals surface area contributed by atoms with Crippen LogP contribution in [0.25, 0.3) is 20.9 Å². The first-order chi connectivity index (χ1) is 16.2. The van der Waals surface area contributed by atoms with Crippen LogP contribution in [0.15, 0.2) is 47.2 Å². The van der Waals surface area contributed by atoms with E-state index in [1.165, 1.54) is 56.3 Å². The number of nitrogens with zero attached hydrogens (tertiary/aromatic N) is 1. The standard InChI is InChI=1S/C28H33NO2S2/c1-2-3-4-5-6-7-8-9-10-11-18-29-27(30)25-21(23-14-12-19-32-23)16-17-22(26(25)28(29)31)24-15-13-20-33-24/h12-17,19-20H,2-11,18H2,1H3. The van der Waals surface area contributed by atoms with Crippen LogP contribution in [0.4, 0.5) is 0 Å². The summed E-state index contributed by atoms with van der Waals surface area (Å²) >= 11 is 3.21. The first-order valence-corrected chi connectivity index (χ1v) is 14.1. The van der Waals surface area contributed by atoms with E-state index in [0.717, 1.165) is 33.7 Å². The Hall–Kier alpha value is -2.24. The third kappa shape index (κ3) is 5.47. The van der Waals surface area contributed by atoms with Crippen LogP contribution in [0.5, 0.6) is 0 Å². The molecule has 0 saturated heterocycles. The van der Waals surface area contributed by atoms with Crippen molar-refractivity contribution < 1.29 is 9.59 Å². The Morgan fingerprint density at radius 3 is 1.52 bits per heavy atom. The zero-order valence-electron chi connectivity index (χ0n) is 19.5. The van der Waals surface area contributed by atoms with Gasteiger partial charge in [-0.25, -0.2) is 0 Å². The van der Waals surface area contributed by atoms with Crippen molar-refractivity contribution in [1.29, 1.82) is 0 Å². The highest BCUT2D eigenvalue weighted by Crippen LogP contribution is 2.41. The van der Waals surface area contributed by atoms with E-state index in [2.05, 4.69) is 6.92 Å². The number of fused-ring (bicyclic) bond motifs is 1. The molecule has 5 heteroatoms. The molecule has 0 aliphatic carbocycles. The highest BCUT2D eigenvalue weighted by Gasteiger charge is 2.39. The third-order valence-corrected chi connectivity index (χ3v) is 8.24. The molecule has 3 nitrogen and oxygen atoms in total. The maximum atomic E-state index is 13.4. The van der Waals surface area contributed by atoms with Gasteiger partial charge in [0, 0.05) is 27.4 Å². The lowest BCUT2D eigenvalue weighted by Gasteiger charge is -2.13. The van der Waals surface area contributed by atoms with E-state index >= 15 is 0 Å². The summed E-state index contributed by atoms with van der Waals surface area (Å²) in [5, 5.41) is 4.02. The zero-order chi connectivity index (χ0) is 23.0. The summed E-state index contributed by atoms with van der Waals surface area (Å²) in [4.78, 5) is 30.5. The van der Waals surface area contributed by atoms with Gasteiger partial charge < -0.3 is 0 Å². The van der Waals surface area contributed by atoms with E-state index in [9.17, 15) is 9.59 Å². The first kappa shape index (κ1) is 23.9. The Balaban J connectivity index is 1.41. The van der Waals surface area contributed by atoms with Crippen LogP contribution < -0.4 is 0 Å². The van der Waals surface area contributed by atoms with Crippen LogP contribution >= 0.6 is 22.7 Å². The number of benzene rings is 1. The number of hydrogen-bond donors (Lipinski definition) is 0. The molecule has 2 amide bonds. The SMILES string of the molecule is CCCCCCCCCCCCN1C(=O)c2c(-c3cccs3)ccc(-c3cccs3)c2C1=O. The van der Waals surface area contributed by atoms with Gasteiger partial charge in [0.25, 0.3) is 11.8 Å². The van der Waals surface area contributed by atoms with Gasteiger partial charge in [-0.1, -0.05) is 89.0 Å². The van der Waals surface area contributed by atoms with Gasteiger partial charge in [-0.15, -0.1) is 22.7 Å². The van der Waals surface area contributed by atoms with Gasteiger partial charge in [-0.2, -0.15) is 0 Å². The number of thiophene rings is 2. The molecular weight excluding hydrogens is 446 g/mol. The van der Waals surface area contributed by atoms with E-state index in [1.807, 2.05) is 47.2 Å². The molecule has 0 unspecified atom stereocenters. The largest absolute Gasteiger partial charge is 0.274 e. The Labute approximate surface area is 205 Å². The van der Waals surface area contributed by atoms with E-state index in [4.69, 9.17) is 0 Å². The van der Waals surface area contributed by atoms with Crippen LogP contribution in [0.3, 0.4) is 0 Å². The Bertz CT molecular complexity index is 981. The number of carbonyl (C=O) groups excluding carboxylic acids is 2. The number of carbonyl (C=O) groups is 2. The molecule has 3 heterocycles. The van der Waals surface area contributed by atoms with Gasteiger partial charge in [0.1, 0.15) is 0 Å². The van der Waals surface area contributed by atoms with Crippen molar-refractivity contribution in [3.8, 4) is 20.9 Å². The molecular formula is C28H33NO2S2. The van der Waals surface area contributed by atoms with E-state index in [-0.39, 0.29) is 11.8 Å². The molecule has 0 atom stereocenters. The molecule has 0 N–H and O–H groups in total. The molecule has 4 rings (SSSR count). The lowest BCUT2D eigenvalue weighted by Crippen LogP contribution is -2.30. The smallest absolute Gasteiger partial charge is 0.262 e. The second kappa shape index (κ2) is 11.8. The van der Waals surface area contributed by atoms with Gasteiger partial charge in [-0.3, -0.25) is 14.5 Å². The first-order valence-electron chi connectivity index (χ1n) is 12.3. The van der Waals surface area contributed by atoms with Crippen molar-refractivity contribution in [2.45, 2.75) is 71.1 Å². The molecule has 0 spiro atoms. The van der Waals surface area contributed by atoms with Gasteiger partial charge in [0.05, 0.1) is 11.1 Å². The van der Waals surface area contributed by atoms with Crippen LogP contribution in [-0.4, -0.2) is 23.3 Å². The average Bonchev–Trinajstić information content (AvgIpc) is 3.59. The fourth-order valence-corrected chi connectivity index (χ4v) is 6.16. The van der Waals surface area contributed by atoms with Gasteiger partial charge in [0.15, 0.2) is 0 Å². The number of unbranched alkanes of at least 4 members (excludes halogenated alkanes) is 9. The average molecular weight is 480 g/mol. The molecule has 1 aliphatic rings. The van der Waals surface area contributed by atoms with Gasteiger partial charge in [-0.05, 0) is 29.3 Å². The maximum absolute atomic E-state index is 13.4. The fraction of sp³-hybridized carbons (Fsp3) is 0.429. The summed E-state index contributed by atoms with van der Waals surface area (Å²) in [6, 6.07) is 12.0. The fourth-order valence-electron chi connectivity index (χ4n) is 4.64. The number of rotatable bonds is 13. The predicted octanol–water partition coefficient (Wildman–Crippen LogP) is 8.66. The maximum Gasteiger partial charge on any atom is 0.262 e. The van der Waals surface area contributed by atoms with Crippen molar-refractivity contribution in [2.24, 2.45) is 0 Å². The predicted molar refractivity (Wildman–Crippen MR) is 140 cm³/mol. The zero-order valence-corrected chi connectivity index (χ0v) is 21.1. The Morgan fingerprint density at radius 1 is 0.636 bits per heavy atom. The minimum Gasteiger partial charge on any atom is -0.274 e. The minimum atomic E-state index is -0.132. The van der Waals surface area contributed by atoms with Crippen LogP contribution in [-0.2, 0) is 0 Å². The van der Waals surface area contributed by atoms with Crippen LogP contribution in [0.1, 0.15) is 91.8 Å². The molecule has 0 fully saturated rings. The molecule has 3 aromatic rings. The second-order valence-corrected chi connectivity index (χ2v) is 10.7.